The topological polar surface area (TPSA) is 78.9 Å². The molecule has 1 aliphatic heterocycles. The van der Waals surface area contributed by atoms with Gasteiger partial charge in [-0.3, -0.25) is 0 Å². The number of rotatable bonds is 6. The largest absolute Gasteiger partial charge is 0.358 e. The highest BCUT2D eigenvalue weighted by Crippen LogP contribution is 2.28. The molecule has 32 heavy (non-hydrogen) atoms. The lowest BCUT2D eigenvalue weighted by Crippen LogP contribution is -2.34. The maximum absolute atomic E-state index is 5.50. The van der Waals surface area contributed by atoms with Gasteiger partial charge in [-0.15, -0.1) is 0 Å². The molecule has 0 aliphatic carbocycles. The third-order valence-corrected chi connectivity index (χ3v) is 6.39. The van der Waals surface area contributed by atoms with Crippen LogP contribution >= 0.6 is 24.0 Å². The Morgan fingerprint density at radius 1 is 1.12 bits per heavy atom. The molecule has 4 rings (SSSR count). The van der Waals surface area contributed by atoms with E-state index in [-0.39, 0.29) is 0 Å². The van der Waals surface area contributed by atoms with E-state index in [9.17, 15) is 0 Å². The quantitative estimate of drug-likeness (QED) is 0.312. The highest BCUT2D eigenvalue weighted by Gasteiger charge is 2.19. The van der Waals surface area contributed by atoms with Gasteiger partial charge >= 0.3 is 0 Å². The molecule has 1 fully saturated rings. The lowest BCUT2D eigenvalue weighted by atomic mass is 9.99. The first-order valence-corrected chi connectivity index (χ1v) is 12.0. The van der Waals surface area contributed by atoms with E-state index < -0.39 is 0 Å². The zero-order chi connectivity index (χ0) is 22.3. The summed E-state index contributed by atoms with van der Waals surface area (Å²) in [6.45, 7) is 6.98. The van der Waals surface area contributed by atoms with E-state index >= 15 is 0 Å². The van der Waals surface area contributed by atoms with Gasteiger partial charge in [0.2, 0.25) is 5.95 Å². The van der Waals surface area contributed by atoms with Crippen LogP contribution in [0.25, 0.3) is 0 Å². The Bertz CT molecular complexity index is 1040. The van der Waals surface area contributed by atoms with Gasteiger partial charge in [-0.2, -0.15) is 4.98 Å². The highest BCUT2D eigenvalue weighted by molar-refractivity contribution is 7.99. The predicted molar refractivity (Wildman–Crippen MR) is 133 cm³/mol. The van der Waals surface area contributed by atoms with Crippen molar-refractivity contribution < 1.29 is 0 Å². The van der Waals surface area contributed by atoms with E-state index in [0.717, 1.165) is 48.3 Å². The lowest BCUT2D eigenvalue weighted by molar-refractivity contribution is 0.436. The Morgan fingerprint density at radius 2 is 1.84 bits per heavy atom. The smallest absolute Gasteiger partial charge is 0.232 e. The fourth-order valence-corrected chi connectivity index (χ4v) is 4.26. The van der Waals surface area contributed by atoms with Gasteiger partial charge in [-0.05, 0) is 61.3 Å². The number of benzene rings is 1. The average Bonchev–Trinajstić information content (AvgIpc) is 2.80. The molecule has 0 amide bonds. The SMILES string of the molecule is Cc1ccc(CNC(=S)Nc2nc(Sc3ncccn3)cc(N3CCC(C)CC3)n2)cc1. The summed E-state index contributed by atoms with van der Waals surface area (Å²) in [6.07, 6.45) is 5.78. The van der Waals surface area contributed by atoms with E-state index in [2.05, 4.69) is 68.6 Å². The summed E-state index contributed by atoms with van der Waals surface area (Å²) in [4.78, 5) is 20.3. The van der Waals surface area contributed by atoms with Crippen molar-refractivity contribution in [3.8, 4) is 0 Å². The van der Waals surface area contributed by atoms with Crippen molar-refractivity contribution in [3.63, 3.8) is 0 Å². The number of nitrogens with zero attached hydrogens (tertiary/aromatic N) is 5. The van der Waals surface area contributed by atoms with E-state index in [1.807, 2.05) is 6.07 Å². The first kappa shape index (κ1) is 22.4. The van der Waals surface area contributed by atoms with Crippen molar-refractivity contribution in [2.24, 2.45) is 5.92 Å². The zero-order valence-electron chi connectivity index (χ0n) is 18.3. The summed E-state index contributed by atoms with van der Waals surface area (Å²) in [5.74, 6) is 2.12. The van der Waals surface area contributed by atoms with Crippen LogP contribution in [-0.4, -0.2) is 38.1 Å². The van der Waals surface area contributed by atoms with Gasteiger partial charge in [0.1, 0.15) is 10.8 Å². The fraction of sp³-hybridized carbons (Fsp3) is 0.348. The average molecular weight is 466 g/mol. The molecule has 0 atom stereocenters. The summed E-state index contributed by atoms with van der Waals surface area (Å²) in [7, 11) is 0. The number of hydrogen-bond donors (Lipinski definition) is 2. The molecule has 1 aromatic carbocycles. The van der Waals surface area contributed by atoms with Crippen LogP contribution in [0.1, 0.15) is 30.9 Å². The van der Waals surface area contributed by atoms with Crippen LogP contribution in [0.5, 0.6) is 0 Å². The normalized spacial score (nSPS) is 14.2. The Labute approximate surface area is 198 Å². The molecular weight excluding hydrogens is 438 g/mol. The number of piperidine rings is 1. The van der Waals surface area contributed by atoms with Gasteiger partial charge in [-0.1, -0.05) is 36.8 Å². The summed E-state index contributed by atoms with van der Waals surface area (Å²) in [5, 5.41) is 8.31. The van der Waals surface area contributed by atoms with Crippen molar-refractivity contribution in [2.45, 2.75) is 43.4 Å². The van der Waals surface area contributed by atoms with Crippen LogP contribution < -0.4 is 15.5 Å². The predicted octanol–water partition coefficient (Wildman–Crippen LogP) is 4.45. The van der Waals surface area contributed by atoms with Crippen LogP contribution in [-0.2, 0) is 6.54 Å². The molecule has 0 saturated carbocycles. The third kappa shape index (κ3) is 6.37. The Hall–Kier alpha value is -2.78. The van der Waals surface area contributed by atoms with Gasteiger partial charge < -0.3 is 15.5 Å². The van der Waals surface area contributed by atoms with Crippen LogP contribution in [0.15, 0.2) is 59.0 Å². The minimum atomic E-state index is 0.473. The van der Waals surface area contributed by atoms with Gasteiger partial charge in [0.15, 0.2) is 10.3 Å². The summed E-state index contributed by atoms with van der Waals surface area (Å²) in [5.41, 5.74) is 2.40. The van der Waals surface area contributed by atoms with Crippen molar-refractivity contribution >= 4 is 40.9 Å². The molecule has 3 aromatic rings. The van der Waals surface area contributed by atoms with E-state index in [4.69, 9.17) is 17.2 Å². The first-order chi connectivity index (χ1) is 15.5. The molecule has 1 aliphatic rings. The molecule has 0 unspecified atom stereocenters. The van der Waals surface area contributed by atoms with Crippen molar-refractivity contribution in [2.75, 3.05) is 23.3 Å². The molecular formula is C23H27N7S2. The van der Waals surface area contributed by atoms with Crippen LogP contribution in [0.4, 0.5) is 11.8 Å². The molecule has 0 radical (unpaired) electrons. The Kier molecular flexibility index (Phi) is 7.49. The Balaban J connectivity index is 1.48. The lowest BCUT2D eigenvalue weighted by Gasteiger charge is -2.31. The Morgan fingerprint density at radius 3 is 2.56 bits per heavy atom. The fourth-order valence-electron chi connectivity index (χ4n) is 3.39. The first-order valence-electron chi connectivity index (χ1n) is 10.7. The van der Waals surface area contributed by atoms with E-state index in [1.165, 1.54) is 17.3 Å². The number of thiocarbonyl (C=S) groups is 1. The van der Waals surface area contributed by atoms with Gasteiger partial charge in [0.25, 0.3) is 0 Å². The standard InChI is InChI=1S/C23H27N7S2/c1-16-4-6-18(7-5-16)15-26-22(31)29-21-27-19(30-12-8-17(2)9-13-30)14-20(28-21)32-23-24-10-3-11-25-23/h3-7,10-11,14,17H,8-9,12-13,15H2,1-2H3,(H2,26,27,28,29,31). The summed E-state index contributed by atoms with van der Waals surface area (Å²) >= 11 is 6.92. The van der Waals surface area contributed by atoms with Gasteiger partial charge in [-0.25, -0.2) is 15.0 Å². The molecule has 3 heterocycles. The maximum Gasteiger partial charge on any atom is 0.232 e. The maximum atomic E-state index is 5.50. The number of aryl methyl sites for hydroxylation is 1. The van der Waals surface area contributed by atoms with Crippen molar-refractivity contribution in [1.29, 1.82) is 0 Å². The molecule has 9 heteroatoms. The van der Waals surface area contributed by atoms with E-state index in [1.54, 1.807) is 18.5 Å². The molecule has 1 saturated heterocycles. The molecule has 2 N–H and O–H groups in total. The third-order valence-electron chi connectivity index (χ3n) is 5.33. The molecule has 166 valence electrons. The summed E-state index contributed by atoms with van der Waals surface area (Å²) in [6, 6.07) is 12.2. The van der Waals surface area contributed by atoms with Crippen LogP contribution in [0.3, 0.4) is 0 Å². The second kappa shape index (κ2) is 10.7. The van der Waals surface area contributed by atoms with E-state index in [0.29, 0.717) is 22.8 Å². The van der Waals surface area contributed by atoms with Crippen molar-refractivity contribution in [1.82, 2.24) is 25.3 Å². The minimum Gasteiger partial charge on any atom is -0.358 e. The second-order valence-corrected chi connectivity index (χ2v) is 9.38. The number of anilines is 2. The van der Waals surface area contributed by atoms with Gasteiger partial charge in [0, 0.05) is 38.1 Å². The van der Waals surface area contributed by atoms with Crippen LogP contribution in [0.2, 0.25) is 0 Å². The van der Waals surface area contributed by atoms with Crippen molar-refractivity contribution in [3.05, 3.63) is 59.9 Å². The summed E-state index contributed by atoms with van der Waals surface area (Å²) < 4.78 is 0. The number of hydrogen-bond acceptors (Lipinski definition) is 7. The second-order valence-electron chi connectivity index (χ2n) is 7.98. The molecule has 7 nitrogen and oxygen atoms in total. The minimum absolute atomic E-state index is 0.473. The molecule has 0 spiro atoms. The monoisotopic (exact) mass is 465 g/mol. The highest BCUT2D eigenvalue weighted by atomic mass is 32.2. The van der Waals surface area contributed by atoms with Crippen LogP contribution in [0, 0.1) is 12.8 Å². The molecule has 2 aromatic heterocycles. The molecule has 0 bridgehead atoms. The zero-order valence-corrected chi connectivity index (χ0v) is 19.9. The number of aromatic nitrogens is 4. The van der Waals surface area contributed by atoms with Gasteiger partial charge in [0.05, 0.1) is 0 Å². The number of nitrogens with one attached hydrogen (secondary N) is 2.